The Hall–Kier alpha value is -1.05. The third-order valence-electron chi connectivity index (χ3n) is 1.66. The maximum absolute atomic E-state index is 8.68. The highest BCUT2D eigenvalue weighted by molar-refractivity contribution is 9.10. The molecule has 0 saturated heterocycles. The smallest absolute Gasteiger partial charge is 0.133 e. The Bertz CT molecular complexity index is 391. The Kier molecular flexibility index (Phi) is 3.72. The van der Waals surface area contributed by atoms with Crippen molar-refractivity contribution in [3.8, 4) is 11.8 Å². The van der Waals surface area contributed by atoms with E-state index >= 15 is 0 Å². The van der Waals surface area contributed by atoms with E-state index in [9.17, 15) is 0 Å². The van der Waals surface area contributed by atoms with E-state index in [1.165, 1.54) is 0 Å². The van der Waals surface area contributed by atoms with Crippen molar-refractivity contribution >= 4 is 15.9 Å². The number of hydrogen-bond acceptors (Lipinski definition) is 3. The average Bonchev–Trinajstić information content (AvgIpc) is 2.14. The van der Waals surface area contributed by atoms with Crippen LogP contribution in [0.5, 0.6) is 5.75 Å². The zero-order valence-corrected chi connectivity index (χ0v) is 10.3. The van der Waals surface area contributed by atoms with Crippen LogP contribution in [0.1, 0.15) is 19.4 Å². The van der Waals surface area contributed by atoms with Crippen LogP contribution < -0.4 is 10.5 Å². The summed E-state index contributed by atoms with van der Waals surface area (Å²) < 4.78 is 6.29. The second-order valence-corrected chi connectivity index (χ2v) is 4.89. The van der Waals surface area contributed by atoms with Crippen molar-refractivity contribution in [1.29, 1.82) is 5.26 Å². The van der Waals surface area contributed by atoms with E-state index in [1.54, 1.807) is 18.2 Å². The molecular formula is C11H13BrN2O. The molecule has 0 aliphatic rings. The summed E-state index contributed by atoms with van der Waals surface area (Å²) in [7, 11) is 0. The maximum atomic E-state index is 8.68. The number of nitriles is 1. The van der Waals surface area contributed by atoms with Gasteiger partial charge in [0, 0.05) is 5.54 Å². The molecule has 15 heavy (non-hydrogen) atoms. The Morgan fingerprint density at radius 1 is 1.53 bits per heavy atom. The van der Waals surface area contributed by atoms with Gasteiger partial charge in [0.25, 0.3) is 0 Å². The van der Waals surface area contributed by atoms with Gasteiger partial charge in [0.2, 0.25) is 0 Å². The van der Waals surface area contributed by atoms with Gasteiger partial charge in [-0.1, -0.05) is 0 Å². The molecule has 0 radical (unpaired) electrons. The van der Waals surface area contributed by atoms with Crippen LogP contribution in [0, 0.1) is 11.3 Å². The lowest BCUT2D eigenvalue weighted by Gasteiger charge is -2.19. The lowest BCUT2D eigenvalue weighted by molar-refractivity contribution is 0.242. The molecule has 3 nitrogen and oxygen atoms in total. The molecule has 0 amide bonds. The van der Waals surface area contributed by atoms with Gasteiger partial charge in [-0.15, -0.1) is 0 Å². The molecule has 0 bridgehead atoms. The van der Waals surface area contributed by atoms with Gasteiger partial charge in [-0.2, -0.15) is 5.26 Å². The predicted molar refractivity (Wildman–Crippen MR) is 62.6 cm³/mol. The molecule has 1 aromatic rings. The molecule has 0 aliphatic heterocycles. The molecule has 0 fully saturated rings. The zero-order valence-electron chi connectivity index (χ0n) is 8.75. The minimum absolute atomic E-state index is 0.368. The summed E-state index contributed by atoms with van der Waals surface area (Å²) in [6, 6.07) is 7.25. The van der Waals surface area contributed by atoms with E-state index in [0.29, 0.717) is 17.9 Å². The molecule has 4 heteroatoms. The van der Waals surface area contributed by atoms with Gasteiger partial charge in [-0.25, -0.2) is 0 Å². The van der Waals surface area contributed by atoms with Gasteiger partial charge in [-0.05, 0) is 48.0 Å². The van der Waals surface area contributed by atoms with Crippen molar-refractivity contribution in [2.45, 2.75) is 19.4 Å². The second kappa shape index (κ2) is 4.65. The maximum Gasteiger partial charge on any atom is 0.133 e. The Balaban J connectivity index is 2.76. The molecule has 0 heterocycles. The summed E-state index contributed by atoms with van der Waals surface area (Å²) in [4.78, 5) is 0. The normalized spacial score (nSPS) is 10.9. The van der Waals surface area contributed by atoms with Crippen molar-refractivity contribution in [2.75, 3.05) is 6.61 Å². The summed E-state index contributed by atoms with van der Waals surface area (Å²) in [5.41, 5.74) is 6.03. The van der Waals surface area contributed by atoms with Crippen LogP contribution in [0.4, 0.5) is 0 Å². The third kappa shape index (κ3) is 3.90. The summed E-state index contributed by atoms with van der Waals surface area (Å²) in [5, 5.41) is 8.68. The van der Waals surface area contributed by atoms with Gasteiger partial charge in [0.15, 0.2) is 0 Å². The summed E-state index contributed by atoms with van der Waals surface area (Å²) in [5.74, 6) is 0.701. The van der Waals surface area contributed by atoms with Crippen molar-refractivity contribution in [2.24, 2.45) is 5.73 Å². The molecule has 2 N–H and O–H groups in total. The van der Waals surface area contributed by atoms with E-state index in [2.05, 4.69) is 22.0 Å². The molecule has 0 aliphatic carbocycles. The topological polar surface area (TPSA) is 59.0 Å². The highest BCUT2D eigenvalue weighted by atomic mass is 79.9. The minimum Gasteiger partial charge on any atom is -0.491 e. The Morgan fingerprint density at radius 2 is 2.20 bits per heavy atom. The van der Waals surface area contributed by atoms with Crippen LogP contribution >= 0.6 is 15.9 Å². The number of nitrogens with zero attached hydrogens (tertiary/aromatic N) is 1. The van der Waals surface area contributed by atoms with E-state index in [1.807, 2.05) is 13.8 Å². The Morgan fingerprint density at radius 3 is 2.67 bits per heavy atom. The highest BCUT2D eigenvalue weighted by Gasteiger charge is 2.12. The molecule has 80 valence electrons. The average molecular weight is 269 g/mol. The van der Waals surface area contributed by atoms with E-state index < -0.39 is 0 Å². The fraction of sp³-hybridized carbons (Fsp3) is 0.364. The number of ether oxygens (including phenoxy) is 1. The van der Waals surface area contributed by atoms with Crippen molar-refractivity contribution in [1.82, 2.24) is 0 Å². The second-order valence-electron chi connectivity index (χ2n) is 4.03. The van der Waals surface area contributed by atoms with Crippen LogP contribution in [0.25, 0.3) is 0 Å². The summed E-state index contributed by atoms with van der Waals surface area (Å²) in [6.07, 6.45) is 0. The fourth-order valence-corrected chi connectivity index (χ4v) is 1.44. The molecule has 0 spiro atoms. The van der Waals surface area contributed by atoms with Crippen molar-refractivity contribution < 1.29 is 4.74 Å². The highest BCUT2D eigenvalue weighted by Crippen LogP contribution is 2.26. The quantitative estimate of drug-likeness (QED) is 0.916. The first kappa shape index (κ1) is 12.0. The van der Waals surface area contributed by atoms with Gasteiger partial charge in [0.05, 0.1) is 16.1 Å². The first-order chi connectivity index (χ1) is 6.92. The van der Waals surface area contributed by atoms with Crippen LogP contribution in [-0.2, 0) is 0 Å². The van der Waals surface area contributed by atoms with Crippen LogP contribution in [-0.4, -0.2) is 12.1 Å². The van der Waals surface area contributed by atoms with Crippen LogP contribution in [0.3, 0.4) is 0 Å². The summed E-state index contributed by atoms with van der Waals surface area (Å²) >= 11 is 3.34. The number of nitrogens with two attached hydrogens (primary N) is 1. The first-order valence-corrected chi connectivity index (χ1v) is 5.33. The van der Waals surface area contributed by atoms with E-state index in [-0.39, 0.29) is 5.54 Å². The molecule has 0 atom stereocenters. The molecular weight excluding hydrogens is 256 g/mol. The zero-order chi connectivity index (χ0) is 11.5. The number of hydrogen-bond donors (Lipinski definition) is 1. The summed E-state index contributed by atoms with van der Waals surface area (Å²) in [6.45, 7) is 4.21. The lowest BCUT2D eigenvalue weighted by Crippen LogP contribution is -2.38. The van der Waals surface area contributed by atoms with Gasteiger partial charge >= 0.3 is 0 Å². The van der Waals surface area contributed by atoms with Gasteiger partial charge < -0.3 is 10.5 Å². The lowest BCUT2D eigenvalue weighted by atomic mass is 10.1. The number of rotatable bonds is 3. The van der Waals surface area contributed by atoms with Crippen molar-refractivity contribution in [3.05, 3.63) is 28.2 Å². The standard InChI is InChI=1S/C11H13BrN2O/c1-11(2,14)7-15-10-4-3-8(6-13)5-9(10)12/h3-5H,7,14H2,1-2H3. The van der Waals surface area contributed by atoms with Gasteiger partial charge in [0.1, 0.15) is 12.4 Å². The molecule has 0 unspecified atom stereocenters. The Labute approximate surface area is 98.0 Å². The largest absolute Gasteiger partial charge is 0.491 e. The van der Waals surface area contributed by atoms with E-state index in [4.69, 9.17) is 15.7 Å². The molecule has 1 rings (SSSR count). The first-order valence-electron chi connectivity index (χ1n) is 4.54. The molecule has 0 aromatic heterocycles. The molecule has 1 aromatic carbocycles. The predicted octanol–water partition coefficient (Wildman–Crippen LogP) is 2.44. The van der Waals surface area contributed by atoms with Crippen LogP contribution in [0.2, 0.25) is 0 Å². The number of benzene rings is 1. The van der Waals surface area contributed by atoms with Crippen molar-refractivity contribution in [3.63, 3.8) is 0 Å². The third-order valence-corrected chi connectivity index (χ3v) is 2.28. The monoisotopic (exact) mass is 268 g/mol. The van der Waals surface area contributed by atoms with Crippen LogP contribution in [0.15, 0.2) is 22.7 Å². The SMILES string of the molecule is CC(C)(N)COc1ccc(C#N)cc1Br. The minimum atomic E-state index is -0.368. The fourth-order valence-electron chi connectivity index (χ4n) is 0.951. The number of halogens is 1. The molecule has 0 saturated carbocycles. The van der Waals surface area contributed by atoms with E-state index in [0.717, 1.165) is 4.47 Å². The van der Waals surface area contributed by atoms with Gasteiger partial charge in [-0.3, -0.25) is 0 Å².